The van der Waals surface area contributed by atoms with Crippen LogP contribution in [0.2, 0.25) is 0 Å². The highest BCUT2D eigenvalue weighted by Gasteiger charge is 2.15. The number of benzene rings is 1. The van der Waals surface area contributed by atoms with Crippen LogP contribution in [-0.2, 0) is 11.2 Å². The Morgan fingerprint density at radius 1 is 1.38 bits per heavy atom. The molecule has 6 nitrogen and oxygen atoms in total. The lowest BCUT2D eigenvalue weighted by Crippen LogP contribution is -2.30. The number of nitrogens with zero attached hydrogens (tertiary/aromatic N) is 1. The lowest BCUT2D eigenvalue weighted by Gasteiger charge is -2.15. The standard InChI is InChI=1S/C18H24N2O4/c1-11(2)23-15-7-5-6-14(8-15)17(21)10-19-18(22)9-16-12(3)20-24-13(16)4/h5-8,11,17,21H,9-10H2,1-4H3,(H,19,22). The first kappa shape index (κ1) is 18.0. The third-order valence-corrected chi connectivity index (χ3v) is 3.63. The molecule has 1 amide bonds. The number of aliphatic hydroxyl groups is 1. The van der Waals surface area contributed by atoms with Gasteiger partial charge in [0, 0.05) is 12.1 Å². The first-order valence-corrected chi connectivity index (χ1v) is 8.00. The van der Waals surface area contributed by atoms with Crippen molar-refractivity contribution in [2.75, 3.05) is 6.54 Å². The molecule has 0 fully saturated rings. The molecule has 0 bridgehead atoms. The Morgan fingerprint density at radius 2 is 2.12 bits per heavy atom. The van der Waals surface area contributed by atoms with Gasteiger partial charge in [0.1, 0.15) is 11.5 Å². The van der Waals surface area contributed by atoms with E-state index in [0.717, 1.165) is 5.56 Å². The van der Waals surface area contributed by atoms with E-state index in [1.54, 1.807) is 26.0 Å². The summed E-state index contributed by atoms with van der Waals surface area (Å²) in [5.41, 5.74) is 2.20. The lowest BCUT2D eigenvalue weighted by molar-refractivity contribution is -0.120. The van der Waals surface area contributed by atoms with E-state index in [-0.39, 0.29) is 25.0 Å². The van der Waals surface area contributed by atoms with Gasteiger partial charge in [-0.15, -0.1) is 0 Å². The van der Waals surface area contributed by atoms with E-state index in [2.05, 4.69) is 10.5 Å². The second-order valence-electron chi connectivity index (χ2n) is 6.04. The molecule has 1 heterocycles. The Balaban J connectivity index is 1.90. The van der Waals surface area contributed by atoms with Crippen LogP contribution in [0.25, 0.3) is 0 Å². The molecule has 0 radical (unpaired) electrons. The number of ether oxygens (including phenoxy) is 1. The highest BCUT2D eigenvalue weighted by atomic mass is 16.5. The number of hydrogen-bond donors (Lipinski definition) is 2. The predicted octanol–water partition coefficient (Wildman–Crippen LogP) is 2.47. The van der Waals surface area contributed by atoms with Crippen molar-refractivity contribution in [3.8, 4) is 5.75 Å². The number of aliphatic hydroxyl groups excluding tert-OH is 1. The van der Waals surface area contributed by atoms with Crippen molar-refractivity contribution in [1.29, 1.82) is 0 Å². The fourth-order valence-electron chi connectivity index (χ4n) is 2.37. The van der Waals surface area contributed by atoms with Gasteiger partial charge in [-0.05, 0) is 45.4 Å². The molecule has 1 aromatic carbocycles. The van der Waals surface area contributed by atoms with Crippen molar-refractivity contribution in [2.24, 2.45) is 0 Å². The Morgan fingerprint density at radius 3 is 2.75 bits per heavy atom. The van der Waals surface area contributed by atoms with Crippen LogP contribution < -0.4 is 10.1 Å². The molecule has 1 atom stereocenters. The number of aryl methyl sites for hydroxylation is 2. The average Bonchev–Trinajstić information content (AvgIpc) is 2.84. The summed E-state index contributed by atoms with van der Waals surface area (Å²) in [7, 11) is 0. The van der Waals surface area contributed by atoms with Crippen LogP contribution in [0.15, 0.2) is 28.8 Å². The normalized spacial score (nSPS) is 12.2. The summed E-state index contributed by atoms with van der Waals surface area (Å²) >= 11 is 0. The summed E-state index contributed by atoms with van der Waals surface area (Å²) in [5.74, 6) is 1.16. The predicted molar refractivity (Wildman–Crippen MR) is 89.9 cm³/mol. The van der Waals surface area contributed by atoms with Crippen LogP contribution in [0.4, 0.5) is 0 Å². The van der Waals surface area contributed by atoms with Crippen LogP contribution in [-0.4, -0.2) is 28.8 Å². The molecule has 0 spiro atoms. The van der Waals surface area contributed by atoms with Gasteiger partial charge in [0.2, 0.25) is 5.91 Å². The maximum absolute atomic E-state index is 12.0. The number of carbonyl (C=O) groups excluding carboxylic acids is 1. The fourth-order valence-corrected chi connectivity index (χ4v) is 2.37. The number of rotatable bonds is 7. The second-order valence-corrected chi connectivity index (χ2v) is 6.04. The molecule has 0 aliphatic carbocycles. The summed E-state index contributed by atoms with van der Waals surface area (Å²) in [6.45, 7) is 7.59. The quantitative estimate of drug-likeness (QED) is 0.813. The van der Waals surface area contributed by atoms with Crippen molar-refractivity contribution >= 4 is 5.91 Å². The zero-order valence-electron chi connectivity index (χ0n) is 14.5. The molecule has 0 aliphatic heterocycles. The summed E-state index contributed by atoms with van der Waals surface area (Å²) in [4.78, 5) is 12.0. The van der Waals surface area contributed by atoms with Gasteiger partial charge in [0.15, 0.2) is 0 Å². The molecule has 24 heavy (non-hydrogen) atoms. The third kappa shape index (κ3) is 4.83. The van der Waals surface area contributed by atoms with Gasteiger partial charge in [-0.1, -0.05) is 17.3 Å². The van der Waals surface area contributed by atoms with Crippen LogP contribution >= 0.6 is 0 Å². The molecule has 1 aromatic heterocycles. The highest BCUT2D eigenvalue weighted by molar-refractivity contribution is 5.79. The topological polar surface area (TPSA) is 84.6 Å². The van der Waals surface area contributed by atoms with Crippen LogP contribution in [0.1, 0.15) is 42.5 Å². The maximum Gasteiger partial charge on any atom is 0.224 e. The van der Waals surface area contributed by atoms with E-state index in [0.29, 0.717) is 22.8 Å². The third-order valence-electron chi connectivity index (χ3n) is 3.63. The lowest BCUT2D eigenvalue weighted by atomic mass is 10.1. The Kier molecular flexibility index (Phi) is 5.98. The summed E-state index contributed by atoms with van der Waals surface area (Å²) in [6.07, 6.45) is -0.550. The number of aromatic nitrogens is 1. The first-order valence-electron chi connectivity index (χ1n) is 8.00. The highest BCUT2D eigenvalue weighted by Crippen LogP contribution is 2.20. The molecule has 2 rings (SSSR count). The van der Waals surface area contributed by atoms with E-state index in [4.69, 9.17) is 9.26 Å². The summed E-state index contributed by atoms with van der Waals surface area (Å²) in [6, 6.07) is 7.25. The van der Waals surface area contributed by atoms with Crippen molar-refractivity contribution in [3.05, 3.63) is 46.8 Å². The van der Waals surface area contributed by atoms with Gasteiger partial charge < -0.3 is 19.7 Å². The number of nitrogens with one attached hydrogen (secondary N) is 1. The van der Waals surface area contributed by atoms with Crippen molar-refractivity contribution in [1.82, 2.24) is 10.5 Å². The summed E-state index contributed by atoms with van der Waals surface area (Å²) < 4.78 is 10.7. The monoisotopic (exact) mass is 332 g/mol. The minimum atomic E-state index is -0.797. The molecule has 1 unspecified atom stereocenters. The molecular formula is C18H24N2O4. The van der Waals surface area contributed by atoms with Crippen LogP contribution in [0, 0.1) is 13.8 Å². The van der Waals surface area contributed by atoms with Crippen molar-refractivity contribution in [2.45, 2.75) is 46.3 Å². The van der Waals surface area contributed by atoms with Crippen LogP contribution in [0.3, 0.4) is 0 Å². The van der Waals surface area contributed by atoms with Crippen molar-refractivity contribution < 1.29 is 19.2 Å². The fraction of sp³-hybridized carbons (Fsp3) is 0.444. The second kappa shape index (κ2) is 7.97. The smallest absolute Gasteiger partial charge is 0.224 e. The number of carbonyl (C=O) groups is 1. The molecule has 2 N–H and O–H groups in total. The summed E-state index contributed by atoms with van der Waals surface area (Å²) in [5, 5.41) is 16.8. The van der Waals surface area contributed by atoms with Gasteiger partial charge >= 0.3 is 0 Å². The van der Waals surface area contributed by atoms with Gasteiger partial charge in [-0.25, -0.2) is 0 Å². The minimum Gasteiger partial charge on any atom is -0.491 e. The minimum absolute atomic E-state index is 0.0622. The Bertz CT molecular complexity index is 675. The zero-order valence-corrected chi connectivity index (χ0v) is 14.5. The Hall–Kier alpha value is -2.34. The van der Waals surface area contributed by atoms with E-state index >= 15 is 0 Å². The molecular weight excluding hydrogens is 308 g/mol. The molecule has 130 valence electrons. The maximum atomic E-state index is 12.0. The Labute approximate surface area is 141 Å². The van der Waals surface area contributed by atoms with Gasteiger partial charge in [0.25, 0.3) is 0 Å². The van der Waals surface area contributed by atoms with Crippen LogP contribution in [0.5, 0.6) is 5.75 Å². The van der Waals surface area contributed by atoms with E-state index in [9.17, 15) is 9.90 Å². The number of amides is 1. The molecule has 0 saturated heterocycles. The van der Waals surface area contributed by atoms with Crippen molar-refractivity contribution in [3.63, 3.8) is 0 Å². The SMILES string of the molecule is Cc1noc(C)c1CC(=O)NCC(O)c1cccc(OC(C)C)c1. The molecule has 6 heteroatoms. The van der Waals surface area contributed by atoms with Gasteiger partial charge in [-0.2, -0.15) is 0 Å². The van der Waals surface area contributed by atoms with Gasteiger partial charge in [-0.3, -0.25) is 4.79 Å². The van der Waals surface area contributed by atoms with E-state index in [1.807, 2.05) is 26.0 Å². The molecule has 2 aromatic rings. The average molecular weight is 332 g/mol. The first-order chi connectivity index (χ1) is 11.4. The molecule has 0 saturated carbocycles. The molecule has 0 aliphatic rings. The van der Waals surface area contributed by atoms with Gasteiger partial charge in [0.05, 0.1) is 24.3 Å². The largest absolute Gasteiger partial charge is 0.491 e. The zero-order chi connectivity index (χ0) is 17.7. The van der Waals surface area contributed by atoms with E-state index < -0.39 is 6.10 Å². The van der Waals surface area contributed by atoms with E-state index in [1.165, 1.54) is 0 Å². The number of hydrogen-bond acceptors (Lipinski definition) is 5.